The van der Waals surface area contributed by atoms with Crippen molar-refractivity contribution in [3.63, 3.8) is 0 Å². The lowest BCUT2D eigenvalue weighted by Crippen LogP contribution is -2.47. The number of aromatic nitrogens is 3. The molecule has 4 rings (SSSR count). The molecule has 0 spiro atoms. The lowest BCUT2D eigenvalue weighted by molar-refractivity contribution is -0.130. The van der Waals surface area contributed by atoms with Gasteiger partial charge in [-0.1, -0.05) is 31.2 Å². The Hall–Kier alpha value is -3.27. The van der Waals surface area contributed by atoms with Crippen LogP contribution < -0.4 is 10.2 Å². The van der Waals surface area contributed by atoms with E-state index in [1.165, 1.54) is 10.5 Å². The minimum absolute atomic E-state index is 0.0321. The molecule has 1 unspecified atom stereocenters. The Balaban J connectivity index is 1.38. The summed E-state index contributed by atoms with van der Waals surface area (Å²) in [4.78, 5) is 42.8. The number of carbonyl (C=O) groups excluding carboxylic acids is 2. The van der Waals surface area contributed by atoms with Crippen LogP contribution in [0.5, 0.6) is 0 Å². The molecule has 2 atom stereocenters. The second-order valence-corrected chi connectivity index (χ2v) is 8.91. The minimum atomic E-state index is -0.422. The van der Waals surface area contributed by atoms with Crippen molar-refractivity contribution in [3.8, 4) is 0 Å². The molecule has 2 saturated heterocycles. The number of rotatable bonds is 7. The number of piperazine rings is 1. The number of hydrogen-bond acceptors (Lipinski definition) is 8. The summed E-state index contributed by atoms with van der Waals surface area (Å²) in [7, 11) is 0. The lowest BCUT2D eigenvalue weighted by atomic mass is 10.1. The van der Waals surface area contributed by atoms with E-state index in [2.05, 4.69) is 49.4 Å². The molecule has 3 heterocycles. The first-order valence-electron chi connectivity index (χ1n) is 11.9. The second-order valence-electron chi connectivity index (χ2n) is 8.91. The van der Waals surface area contributed by atoms with Crippen molar-refractivity contribution in [3.05, 3.63) is 41.2 Å². The van der Waals surface area contributed by atoms with Crippen molar-refractivity contribution >= 4 is 23.9 Å². The molecule has 2 amide bonds. The van der Waals surface area contributed by atoms with E-state index in [-0.39, 0.29) is 18.0 Å². The number of hydrogen-bond donors (Lipinski definition) is 1. The van der Waals surface area contributed by atoms with E-state index in [4.69, 9.17) is 4.74 Å². The predicted molar refractivity (Wildman–Crippen MR) is 128 cm³/mol. The molecule has 0 bridgehead atoms. The number of ether oxygens (including phenoxy) is 1. The van der Waals surface area contributed by atoms with Gasteiger partial charge >= 0.3 is 6.09 Å². The molecule has 2 aliphatic rings. The Bertz CT molecular complexity index is 1020. The van der Waals surface area contributed by atoms with E-state index >= 15 is 0 Å². The Labute approximate surface area is 200 Å². The van der Waals surface area contributed by atoms with Crippen molar-refractivity contribution < 1.29 is 14.3 Å². The molecular formula is C24H33N7O3. The van der Waals surface area contributed by atoms with Crippen LogP contribution in [-0.4, -0.2) is 75.6 Å². The molecule has 0 aliphatic carbocycles. The van der Waals surface area contributed by atoms with Crippen LogP contribution in [0.2, 0.25) is 0 Å². The Morgan fingerprint density at radius 3 is 2.50 bits per heavy atom. The SMILES string of the molecule is CCC1COC(=O)N1c1nc(C)nc(N[C@H](C)c2ccc(CN3CCN(C(C)=O)CC3)cc2)n1. The molecule has 10 nitrogen and oxygen atoms in total. The van der Waals surface area contributed by atoms with Crippen molar-refractivity contribution in [1.29, 1.82) is 0 Å². The van der Waals surface area contributed by atoms with Crippen LogP contribution in [0.15, 0.2) is 24.3 Å². The fourth-order valence-electron chi connectivity index (χ4n) is 4.31. The Morgan fingerprint density at radius 1 is 1.15 bits per heavy atom. The molecule has 2 aromatic rings. The molecule has 10 heteroatoms. The monoisotopic (exact) mass is 467 g/mol. The maximum Gasteiger partial charge on any atom is 0.417 e. The number of cyclic esters (lactones) is 1. The van der Waals surface area contributed by atoms with Gasteiger partial charge in [-0.05, 0) is 31.4 Å². The van der Waals surface area contributed by atoms with Gasteiger partial charge < -0.3 is 15.0 Å². The normalized spacial score (nSPS) is 19.8. The number of nitrogens with zero attached hydrogens (tertiary/aromatic N) is 6. The number of anilines is 2. The van der Waals surface area contributed by atoms with Crippen molar-refractivity contribution in [2.45, 2.75) is 52.7 Å². The fourth-order valence-corrected chi connectivity index (χ4v) is 4.31. The summed E-state index contributed by atoms with van der Waals surface area (Å²) >= 11 is 0. The first-order chi connectivity index (χ1) is 16.3. The first-order valence-corrected chi connectivity index (χ1v) is 11.9. The van der Waals surface area contributed by atoms with Gasteiger partial charge in [0, 0.05) is 39.6 Å². The maximum atomic E-state index is 12.2. The summed E-state index contributed by atoms with van der Waals surface area (Å²) in [5.41, 5.74) is 2.35. The number of aryl methyl sites for hydroxylation is 1. The molecule has 1 N–H and O–H groups in total. The van der Waals surface area contributed by atoms with E-state index < -0.39 is 6.09 Å². The molecule has 2 fully saturated rings. The first kappa shape index (κ1) is 23.9. The number of nitrogens with one attached hydrogen (secondary N) is 1. The van der Waals surface area contributed by atoms with E-state index in [0.29, 0.717) is 24.3 Å². The summed E-state index contributed by atoms with van der Waals surface area (Å²) in [5.74, 6) is 1.43. The quantitative estimate of drug-likeness (QED) is 0.663. The third-order valence-corrected chi connectivity index (χ3v) is 6.43. The minimum Gasteiger partial charge on any atom is -0.447 e. The Kier molecular flexibility index (Phi) is 7.26. The second kappa shape index (κ2) is 10.3. The van der Waals surface area contributed by atoms with Crippen LogP contribution in [0, 0.1) is 6.92 Å². The van der Waals surface area contributed by atoms with E-state index in [9.17, 15) is 9.59 Å². The predicted octanol–water partition coefficient (Wildman–Crippen LogP) is 2.75. The van der Waals surface area contributed by atoms with Crippen LogP contribution >= 0.6 is 0 Å². The largest absolute Gasteiger partial charge is 0.447 e. The molecular weight excluding hydrogens is 434 g/mol. The standard InChI is InChI=1S/C24H33N7O3/c1-5-21-15-34-24(33)31(21)23-27-17(3)26-22(28-23)25-16(2)20-8-6-19(7-9-20)14-29-10-12-30(13-11-29)18(4)32/h6-9,16,21H,5,10-15H2,1-4H3,(H,25,26,27,28)/t16-,21?/m1/s1. The van der Waals surface area contributed by atoms with Gasteiger partial charge in [0.2, 0.25) is 17.8 Å². The topological polar surface area (TPSA) is 104 Å². The average Bonchev–Trinajstić information content (AvgIpc) is 3.20. The molecule has 1 aromatic carbocycles. The highest BCUT2D eigenvalue weighted by Gasteiger charge is 2.35. The number of carbonyl (C=O) groups is 2. The van der Waals surface area contributed by atoms with Crippen molar-refractivity contribution in [2.75, 3.05) is 43.0 Å². The third-order valence-electron chi connectivity index (χ3n) is 6.43. The average molecular weight is 468 g/mol. The maximum absolute atomic E-state index is 12.2. The van der Waals surface area contributed by atoms with Crippen LogP contribution in [-0.2, 0) is 16.1 Å². The summed E-state index contributed by atoms with van der Waals surface area (Å²) in [5, 5.41) is 3.34. The summed E-state index contributed by atoms with van der Waals surface area (Å²) in [6.45, 7) is 12.0. The van der Waals surface area contributed by atoms with Gasteiger partial charge in [0.05, 0.1) is 12.1 Å². The van der Waals surface area contributed by atoms with Gasteiger partial charge in [0.1, 0.15) is 12.4 Å². The van der Waals surface area contributed by atoms with E-state index in [1.54, 1.807) is 13.8 Å². The zero-order valence-corrected chi connectivity index (χ0v) is 20.3. The zero-order chi connectivity index (χ0) is 24.2. The molecule has 2 aliphatic heterocycles. The zero-order valence-electron chi connectivity index (χ0n) is 20.3. The molecule has 182 valence electrons. The van der Waals surface area contributed by atoms with E-state index in [1.807, 2.05) is 18.7 Å². The third kappa shape index (κ3) is 5.44. The number of amides is 2. The lowest BCUT2D eigenvalue weighted by Gasteiger charge is -2.34. The van der Waals surface area contributed by atoms with Gasteiger partial charge in [-0.15, -0.1) is 0 Å². The van der Waals surface area contributed by atoms with Gasteiger partial charge in [0.25, 0.3) is 0 Å². The van der Waals surface area contributed by atoms with Crippen LogP contribution in [0.25, 0.3) is 0 Å². The van der Waals surface area contributed by atoms with Crippen LogP contribution in [0.1, 0.15) is 50.2 Å². The smallest absolute Gasteiger partial charge is 0.417 e. The Morgan fingerprint density at radius 2 is 1.85 bits per heavy atom. The van der Waals surface area contributed by atoms with Gasteiger partial charge in [0.15, 0.2) is 0 Å². The number of benzene rings is 1. The molecule has 1 aromatic heterocycles. The molecule has 0 radical (unpaired) electrons. The summed E-state index contributed by atoms with van der Waals surface area (Å²) in [6, 6.07) is 8.40. The van der Waals surface area contributed by atoms with Crippen LogP contribution in [0.3, 0.4) is 0 Å². The highest BCUT2D eigenvalue weighted by molar-refractivity contribution is 5.88. The fraction of sp³-hybridized carbons (Fsp3) is 0.542. The van der Waals surface area contributed by atoms with Gasteiger partial charge in [-0.3, -0.25) is 9.69 Å². The van der Waals surface area contributed by atoms with Crippen molar-refractivity contribution in [1.82, 2.24) is 24.8 Å². The van der Waals surface area contributed by atoms with Crippen LogP contribution in [0.4, 0.5) is 16.7 Å². The summed E-state index contributed by atoms with van der Waals surface area (Å²) < 4.78 is 5.18. The van der Waals surface area contributed by atoms with Gasteiger partial charge in [-0.2, -0.15) is 15.0 Å². The highest BCUT2D eigenvalue weighted by atomic mass is 16.6. The molecule has 34 heavy (non-hydrogen) atoms. The van der Waals surface area contributed by atoms with Gasteiger partial charge in [-0.25, -0.2) is 9.69 Å². The molecule has 0 saturated carbocycles. The summed E-state index contributed by atoms with van der Waals surface area (Å²) in [6.07, 6.45) is 0.337. The van der Waals surface area contributed by atoms with E-state index in [0.717, 1.165) is 44.7 Å². The highest BCUT2D eigenvalue weighted by Crippen LogP contribution is 2.24. The van der Waals surface area contributed by atoms with Crippen molar-refractivity contribution in [2.24, 2.45) is 0 Å².